The van der Waals surface area contributed by atoms with Crippen molar-refractivity contribution in [2.45, 2.75) is 52.4 Å². The number of hydrogen-bond acceptors (Lipinski definition) is 5. The number of ether oxygens (including phenoxy) is 1. The summed E-state index contributed by atoms with van der Waals surface area (Å²) in [5, 5.41) is 5.82. The molecule has 0 radical (unpaired) electrons. The number of imidazole rings is 1. The molecular formula is C28H33N5O4. The summed E-state index contributed by atoms with van der Waals surface area (Å²) in [4.78, 5) is 46.0. The molecule has 2 aromatic carbocycles. The number of fused-ring (bicyclic) bond motifs is 1. The Morgan fingerprint density at radius 1 is 1.08 bits per heavy atom. The van der Waals surface area contributed by atoms with Crippen molar-refractivity contribution < 1.29 is 19.1 Å². The largest absolute Gasteiger partial charge is 0.496 e. The molecule has 0 unspecified atom stereocenters. The molecule has 9 heteroatoms. The number of methoxy groups -OCH3 is 1. The number of rotatable bonds is 9. The van der Waals surface area contributed by atoms with Gasteiger partial charge in [0.2, 0.25) is 5.91 Å². The van der Waals surface area contributed by atoms with E-state index in [0.29, 0.717) is 25.3 Å². The first-order valence-corrected chi connectivity index (χ1v) is 12.4. The standard InChI is InChI=1S/C28H33N5O4/c1-5-14-33-26(35)24-23(25(34)29-16-21-8-6-7-9-22(21)37-4)31-18-32(24)17-28(33,3)27(36)30-15-20-12-10-19(2)11-13-20/h6-13,18H,5,14-17H2,1-4H3,(H,29,34)(H,30,36)/t28-/m0/s1. The zero-order valence-electron chi connectivity index (χ0n) is 21.7. The van der Waals surface area contributed by atoms with E-state index in [1.807, 2.05) is 62.4 Å². The average Bonchev–Trinajstić information content (AvgIpc) is 3.33. The zero-order valence-corrected chi connectivity index (χ0v) is 21.7. The van der Waals surface area contributed by atoms with Crippen molar-refractivity contribution in [2.75, 3.05) is 13.7 Å². The van der Waals surface area contributed by atoms with Crippen molar-refractivity contribution in [1.82, 2.24) is 25.1 Å². The van der Waals surface area contributed by atoms with Crippen LogP contribution in [0, 0.1) is 6.92 Å². The van der Waals surface area contributed by atoms with E-state index in [1.54, 1.807) is 23.5 Å². The summed E-state index contributed by atoms with van der Waals surface area (Å²) in [6.45, 7) is 6.87. The van der Waals surface area contributed by atoms with Gasteiger partial charge in [-0.3, -0.25) is 14.4 Å². The lowest BCUT2D eigenvalue weighted by Crippen LogP contribution is -2.64. The molecule has 1 aromatic heterocycles. The van der Waals surface area contributed by atoms with Gasteiger partial charge in [0.05, 0.1) is 20.0 Å². The highest BCUT2D eigenvalue weighted by molar-refractivity contribution is 6.07. The van der Waals surface area contributed by atoms with Crippen molar-refractivity contribution >= 4 is 17.7 Å². The van der Waals surface area contributed by atoms with Crippen molar-refractivity contribution in [2.24, 2.45) is 0 Å². The van der Waals surface area contributed by atoms with Gasteiger partial charge in [0, 0.05) is 25.2 Å². The monoisotopic (exact) mass is 503 g/mol. The maximum atomic E-state index is 13.7. The van der Waals surface area contributed by atoms with Gasteiger partial charge in [0.1, 0.15) is 17.0 Å². The molecule has 1 aliphatic rings. The van der Waals surface area contributed by atoms with Crippen LogP contribution in [-0.2, 0) is 24.4 Å². The fourth-order valence-electron chi connectivity index (χ4n) is 4.61. The Morgan fingerprint density at radius 3 is 2.51 bits per heavy atom. The number of para-hydroxylation sites is 1. The van der Waals surface area contributed by atoms with Gasteiger partial charge >= 0.3 is 0 Å². The summed E-state index contributed by atoms with van der Waals surface area (Å²) in [7, 11) is 1.57. The highest BCUT2D eigenvalue weighted by Gasteiger charge is 2.48. The van der Waals surface area contributed by atoms with E-state index in [4.69, 9.17) is 4.74 Å². The van der Waals surface area contributed by atoms with Crippen LogP contribution in [0.4, 0.5) is 0 Å². The van der Waals surface area contributed by atoms with Crippen LogP contribution in [0.1, 0.15) is 57.9 Å². The average molecular weight is 504 g/mol. The Morgan fingerprint density at radius 2 is 1.81 bits per heavy atom. The second-order valence-corrected chi connectivity index (χ2v) is 9.46. The van der Waals surface area contributed by atoms with Gasteiger partial charge in [0.15, 0.2) is 5.69 Å². The topological polar surface area (TPSA) is 106 Å². The van der Waals surface area contributed by atoms with Gasteiger partial charge in [-0.15, -0.1) is 0 Å². The Balaban J connectivity index is 1.54. The second kappa shape index (κ2) is 10.9. The number of amides is 3. The van der Waals surface area contributed by atoms with E-state index in [-0.39, 0.29) is 36.3 Å². The molecule has 0 aliphatic carbocycles. The molecule has 0 fully saturated rings. The number of nitrogens with one attached hydrogen (secondary N) is 2. The van der Waals surface area contributed by atoms with Crippen LogP contribution in [0.2, 0.25) is 0 Å². The summed E-state index contributed by atoms with van der Waals surface area (Å²) < 4.78 is 6.95. The Kier molecular flexibility index (Phi) is 7.61. The predicted molar refractivity (Wildman–Crippen MR) is 139 cm³/mol. The summed E-state index contributed by atoms with van der Waals surface area (Å²) in [5.41, 5.74) is 2.03. The number of aromatic nitrogens is 2. The first-order valence-electron chi connectivity index (χ1n) is 12.4. The minimum absolute atomic E-state index is 0.0446. The maximum Gasteiger partial charge on any atom is 0.273 e. The number of hydrogen-bond donors (Lipinski definition) is 2. The lowest BCUT2D eigenvalue weighted by atomic mass is 9.93. The Hall–Kier alpha value is -4.14. The molecule has 1 aliphatic heterocycles. The zero-order chi connectivity index (χ0) is 26.6. The van der Waals surface area contributed by atoms with Crippen LogP contribution in [-0.4, -0.2) is 51.4 Å². The summed E-state index contributed by atoms with van der Waals surface area (Å²) in [6, 6.07) is 15.3. The van der Waals surface area contributed by atoms with Crippen LogP contribution in [0.15, 0.2) is 54.9 Å². The van der Waals surface area contributed by atoms with Gasteiger partial charge in [-0.1, -0.05) is 55.0 Å². The van der Waals surface area contributed by atoms with Gasteiger partial charge in [-0.05, 0) is 31.9 Å². The van der Waals surface area contributed by atoms with E-state index in [9.17, 15) is 14.4 Å². The molecule has 2 N–H and O–H groups in total. The highest BCUT2D eigenvalue weighted by Crippen LogP contribution is 2.29. The SMILES string of the molecule is CCCN1C(=O)c2c(C(=O)NCc3ccccc3OC)ncn2C[C@@]1(C)C(=O)NCc1ccc(C)cc1. The van der Waals surface area contributed by atoms with E-state index >= 15 is 0 Å². The molecule has 1 atom stereocenters. The summed E-state index contributed by atoms with van der Waals surface area (Å²) in [6.07, 6.45) is 2.12. The predicted octanol–water partition coefficient (Wildman–Crippen LogP) is 3.07. The molecule has 3 amide bonds. The molecule has 0 spiro atoms. The number of carbonyl (C=O) groups excluding carboxylic acids is 3. The Labute approximate surface area is 216 Å². The molecule has 0 saturated heterocycles. The molecule has 3 aromatic rings. The molecule has 2 heterocycles. The van der Waals surface area contributed by atoms with Crippen molar-refractivity contribution in [3.63, 3.8) is 0 Å². The Bertz CT molecular complexity index is 1300. The molecule has 4 rings (SSSR count). The van der Waals surface area contributed by atoms with E-state index in [0.717, 1.165) is 16.7 Å². The minimum Gasteiger partial charge on any atom is -0.496 e. The highest BCUT2D eigenvalue weighted by atomic mass is 16.5. The van der Waals surface area contributed by atoms with Gasteiger partial charge < -0.3 is 24.8 Å². The van der Waals surface area contributed by atoms with E-state index in [2.05, 4.69) is 15.6 Å². The molecule has 0 bridgehead atoms. The lowest BCUT2D eigenvalue weighted by Gasteiger charge is -2.43. The van der Waals surface area contributed by atoms with Gasteiger partial charge in [-0.2, -0.15) is 0 Å². The fraction of sp³-hybridized carbons (Fsp3) is 0.357. The quantitative estimate of drug-likeness (QED) is 0.467. The molecule has 0 saturated carbocycles. The van der Waals surface area contributed by atoms with Crippen LogP contribution in [0.25, 0.3) is 0 Å². The number of nitrogens with zero attached hydrogens (tertiary/aromatic N) is 3. The number of carbonyl (C=O) groups is 3. The maximum absolute atomic E-state index is 13.7. The molecule has 9 nitrogen and oxygen atoms in total. The summed E-state index contributed by atoms with van der Waals surface area (Å²) >= 11 is 0. The van der Waals surface area contributed by atoms with E-state index in [1.165, 1.54) is 6.33 Å². The summed E-state index contributed by atoms with van der Waals surface area (Å²) in [5.74, 6) is -0.443. The first kappa shape index (κ1) is 25.9. The second-order valence-electron chi connectivity index (χ2n) is 9.46. The van der Waals surface area contributed by atoms with Gasteiger partial charge in [-0.25, -0.2) is 4.98 Å². The molecular weight excluding hydrogens is 470 g/mol. The first-order chi connectivity index (χ1) is 17.8. The lowest BCUT2D eigenvalue weighted by molar-refractivity contribution is -0.133. The number of aryl methyl sites for hydroxylation is 1. The third-order valence-corrected chi connectivity index (χ3v) is 6.72. The fourth-order valence-corrected chi connectivity index (χ4v) is 4.61. The van der Waals surface area contributed by atoms with Crippen molar-refractivity contribution in [3.05, 3.63) is 82.9 Å². The van der Waals surface area contributed by atoms with Crippen LogP contribution >= 0.6 is 0 Å². The number of benzene rings is 2. The van der Waals surface area contributed by atoms with Crippen molar-refractivity contribution in [3.8, 4) is 5.75 Å². The smallest absolute Gasteiger partial charge is 0.273 e. The van der Waals surface area contributed by atoms with Crippen LogP contribution in [0.3, 0.4) is 0 Å². The third-order valence-electron chi connectivity index (χ3n) is 6.72. The third kappa shape index (κ3) is 5.21. The molecule has 194 valence electrons. The normalized spacial score (nSPS) is 16.8. The van der Waals surface area contributed by atoms with E-state index < -0.39 is 11.4 Å². The molecule has 37 heavy (non-hydrogen) atoms. The minimum atomic E-state index is -1.13. The van der Waals surface area contributed by atoms with Gasteiger partial charge in [0.25, 0.3) is 11.8 Å². The van der Waals surface area contributed by atoms with Crippen molar-refractivity contribution in [1.29, 1.82) is 0 Å². The van der Waals surface area contributed by atoms with Crippen LogP contribution in [0.5, 0.6) is 5.75 Å². The van der Waals surface area contributed by atoms with Crippen LogP contribution < -0.4 is 15.4 Å².